The van der Waals surface area contributed by atoms with Gasteiger partial charge in [-0.25, -0.2) is 8.42 Å². The first kappa shape index (κ1) is 25.4. The Bertz CT molecular complexity index is 1310. The average molecular weight is 503 g/mol. The first-order valence-electron chi connectivity index (χ1n) is 10.4. The lowest BCUT2D eigenvalue weighted by Gasteiger charge is -2.25. The monoisotopic (exact) mass is 502 g/mol. The van der Waals surface area contributed by atoms with Gasteiger partial charge in [0, 0.05) is 12.1 Å². The Morgan fingerprint density at radius 2 is 1.56 bits per heavy atom. The molecule has 1 N–H and O–H groups in total. The number of benzene rings is 3. The van der Waals surface area contributed by atoms with Crippen LogP contribution in [0.15, 0.2) is 59.5 Å². The van der Waals surface area contributed by atoms with E-state index in [4.69, 9.17) is 21.1 Å². The summed E-state index contributed by atoms with van der Waals surface area (Å²) in [7, 11) is -1.13. The summed E-state index contributed by atoms with van der Waals surface area (Å²) in [6, 6.07) is 14.8. The Morgan fingerprint density at radius 3 is 2.15 bits per heavy atom. The molecule has 0 aliphatic heterocycles. The number of sulfonamides is 1. The zero-order valence-corrected chi connectivity index (χ0v) is 21.3. The number of nitrogens with zero attached hydrogens (tertiary/aromatic N) is 1. The van der Waals surface area contributed by atoms with Crippen molar-refractivity contribution in [2.75, 3.05) is 30.4 Å². The number of ether oxygens (including phenoxy) is 2. The summed E-state index contributed by atoms with van der Waals surface area (Å²) in [6.07, 6.45) is 0. The van der Waals surface area contributed by atoms with E-state index < -0.39 is 22.5 Å². The van der Waals surface area contributed by atoms with Gasteiger partial charge < -0.3 is 14.8 Å². The fraction of sp³-hybridized carbons (Fsp3) is 0.240. The highest BCUT2D eigenvalue weighted by molar-refractivity contribution is 7.92. The molecule has 0 heterocycles. The van der Waals surface area contributed by atoms with Crippen molar-refractivity contribution in [1.29, 1.82) is 0 Å². The lowest BCUT2D eigenvalue weighted by Crippen LogP contribution is -2.38. The third kappa shape index (κ3) is 5.46. The van der Waals surface area contributed by atoms with Gasteiger partial charge in [0.25, 0.3) is 10.0 Å². The predicted molar refractivity (Wildman–Crippen MR) is 135 cm³/mol. The molecule has 180 valence electrons. The van der Waals surface area contributed by atoms with Gasteiger partial charge in [-0.3, -0.25) is 9.10 Å². The van der Waals surface area contributed by atoms with Crippen molar-refractivity contribution in [2.24, 2.45) is 0 Å². The minimum Gasteiger partial charge on any atom is -0.495 e. The second-order valence-electron chi connectivity index (χ2n) is 7.83. The van der Waals surface area contributed by atoms with Gasteiger partial charge in [-0.05, 0) is 56.2 Å². The molecule has 1 amide bonds. The van der Waals surface area contributed by atoms with E-state index in [0.717, 1.165) is 21.0 Å². The summed E-state index contributed by atoms with van der Waals surface area (Å²) in [6.45, 7) is 5.25. The van der Waals surface area contributed by atoms with E-state index in [1.165, 1.54) is 38.5 Å². The molecule has 3 aromatic carbocycles. The van der Waals surface area contributed by atoms with Crippen molar-refractivity contribution in [3.05, 3.63) is 76.3 Å². The highest BCUT2D eigenvalue weighted by Gasteiger charge is 2.28. The van der Waals surface area contributed by atoms with Crippen LogP contribution in [0.2, 0.25) is 5.02 Å². The molecular formula is C25H27ClN2O5S. The van der Waals surface area contributed by atoms with E-state index in [0.29, 0.717) is 27.9 Å². The predicted octanol–water partition coefficient (Wildman–Crippen LogP) is 5.12. The van der Waals surface area contributed by atoms with Crippen LogP contribution in [0.1, 0.15) is 16.7 Å². The van der Waals surface area contributed by atoms with Gasteiger partial charge in [0.1, 0.15) is 18.0 Å². The lowest BCUT2D eigenvalue weighted by molar-refractivity contribution is -0.114. The standard InChI is InChI=1S/C25H27ClN2O5S/c1-16-6-10-20(11-7-16)34(30,31)28(19-9-8-17(2)18(3)12-19)15-25(29)27-22-14-23(32-4)21(26)13-24(22)33-5/h6-14H,15H2,1-5H3,(H,27,29). The summed E-state index contributed by atoms with van der Waals surface area (Å²) in [5.41, 5.74) is 3.55. The quantitative estimate of drug-likeness (QED) is 0.462. The molecule has 0 unspecified atom stereocenters. The zero-order chi connectivity index (χ0) is 25.0. The molecule has 34 heavy (non-hydrogen) atoms. The van der Waals surface area contributed by atoms with Gasteiger partial charge in [0.05, 0.1) is 35.5 Å². The Kier molecular flexibility index (Phi) is 7.74. The minimum absolute atomic E-state index is 0.0925. The van der Waals surface area contributed by atoms with Crippen molar-refractivity contribution in [3.63, 3.8) is 0 Å². The van der Waals surface area contributed by atoms with Crippen LogP contribution in [0.4, 0.5) is 11.4 Å². The van der Waals surface area contributed by atoms with E-state index >= 15 is 0 Å². The maximum absolute atomic E-state index is 13.6. The number of rotatable bonds is 8. The maximum Gasteiger partial charge on any atom is 0.264 e. The minimum atomic E-state index is -4.03. The molecule has 0 atom stereocenters. The summed E-state index contributed by atoms with van der Waals surface area (Å²) < 4.78 is 38.8. The number of nitrogens with one attached hydrogen (secondary N) is 1. The third-order valence-electron chi connectivity index (χ3n) is 5.42. The second-order valence-corrected chi connectivity index (χ2v) is 10.1. The molecule has 0 aromatic heterocycles. The van der Waals surface area contributed by atoms with Crippen molar-refractivity contribution in [3.8, 4) is 11.5 Å². The number of anilines is 2. The number of carbonyl (C=O) groups is 1. The zero-order valence-electron chi connectivity index (χ0n) is 19.7. The van der Waals surface area contributed by atoms with Crippen LogP contribution in [0, 0.1) is 20.8 Å². The highest BCUT2D eigenvalue weighted by atomic mass is 35.5. The summed E-state index contributed by atoms with van der Waals surface area (Å²) in [4.78, 5) is 13.2. The Morgan fingerprint density at radius 1 is 0.912 bits per heavy atom. The normalized spacial score (nSPS) is 11.1. The van der Waals surface area contributed by atoms with Crippen LogP contribution < -0.4 is 19.1 Å². The molecule has 0 aliphatic rings. The third-order valence-corrected chi connectivity index (χ3v) is 7.51. The number of carbonyl (C=O) groups excluding carboxylic acids is 1. The number of hydrogen-bond donors (Lipinski definition) is 1. The Labute approximate surface area is 205 Å². The van der Waals surface area contributed by atoms with Crippen LogP contribution >= 0.6 is 11.6 Å². The molecule has 0 saturated heterocycles. The molecule has 3 aromatic rings. The SMILES string of the molecule is COc1cc(NC(=O)CN(c2ccc(C)c(C)c2)S(=O)(=O)c2ccc(C)cc2)c(OC)cc1Cl. The average Bonchev–Trinajstić information content (AvgIpc) is 2.80. The number of aryl methyl sites for hydroxylation is 3. The van der Waals surface area contributed by atoms with Crippen LogP contribution in [-0.4, -0.2) is 35.1 Å². The van der Waals surface area contributed by atoms with Gasteiger partial charge >= 0.3 is 0 Å². The highest BCUT2D eigenvalue weighted by Crippen LogP contribution is 2.36. The Hall–Kier alpha value is -3.23. The van der Waals surface area contributed by atoms with E-state index in [2.05, 4.69) is 5.32 Å². The van der Waals surface area contributed by atoms with E-state index in [-0.39, 0.29) is 4.90 Å². The number of amides is 1. The second kappa shape index (κ2) is 10.4. The Balaban J connectivity index is 2.00. The lowest BCUT2D eigenvalue weighted by atomic mass is 10.1. The van der Waals surface area contributed by atoms with Crippen LogP contribution in [0.3, 0.4) is 0 Å². The van der Waals surface area contributed by atoms with Crippen LogP contribution in [0.5, 0.6) is 11.5 Å². The fourth-order valence-electron chi connectivity index (χ4n) is 3.31. The van der Waals surface area contributed by atoms with Crippen molar-refractivity contribution in [2.45, 2.75) is 25.7 Å². The topological polar surface area (TPSA) is 84.9 Å². The van der Waals surface area contributed by atoms with Gasteiger partial charge in [0.15, 0.2) is 0 Å². The largest absolute Gasteiger partial charge is 0.495 e. The molecule has 0 aliphatic carbocycles. The van der Waals surface area contributed by atoms with Gasteiger partial charge in [0.2, 0.25) is 5.91 Å². The molecular weight excluding hydrogens is 476 g/mol. The van der Waals surface area contributed by atoms with Crippen molar-refractivity contribution < 1.29 is 22.7 Å². The number of methoxy groups -OCH3 is 2. The molecule has 3 rings (SSSR count). The molecule has 0 spiro atoms. The van der Waals surface area contributed by atoms with Crippen molar-refractivity contribution >= 4 is 38.9 Å². The van der Waals surface area contributed by atoms with Crippen LogP contribution in [-0.2, 0) is 14.8 Å². The summed E-state index contributed by atoms with van der Waals surface area (Å²) in [5, 5.41) is 3.03. The van der Waals surface area contributed by atoms with E-state index in [1.807, 2.05) is 26.8 Å². The van der Waals surface area contributed by atoms with E-state index in [1.54, 1.807) is 24.3 Å². The molecule has 0 saturated carbocycles. The smallest absolute Gasteiger partial charge is 0.264 e. The molecule has 0 fully saturated rings. The fourth-order valence-corrected chi connectivity index (χ4v) is 4.96. The molecule has 9 heteroatoms. The van der Waals surface area contributed by atoms with Gasteiger partial charge in [-0.15, -0.1) is 0 Å². The number of halogens is 1. The molecule has 0 radical (unpaired) electrons. The van der Waals surface area contributed by atoms with Gasteiger partial charge in [-0.1, -0.05) is 35.4 Å². The summed E-state index contributed by atoms with van der Waals surface area (Å²) >= 11 is 6.14. The van der Waals surface area contributed by atoms with Gasteiger partial charge in [-0.2, -0.15) is 0 Å². The number of hydrogen-bond acceptors (Lipinski definition) is 5. The first-order valence-corrected chi connectivity index (χ1v) is 12.3. The molecule has 0 bridgehead atoms. The molecule has 7 nitrogen and oxygen atoms in total. The first-order chi connectivity index (χ1) is 16.1. The van der Waals surface area contributed by atoms with Crippen LogP contribution in [0.25, 0.3) is 0 Å². The van der Waals surface area contributed by atoms with Crippen molar-refractivity contribution in [1.82, 2.24) is 0 Å². The maximum atomic E-state index is 13.6. The van der Waals surface area contributed by atoms with E-state index in [9.17, 15) is 13.2 Å². The summed E-state index contributed by atoms with van der Waals surface area (Å²) in [5.74, 6) is 0.103.